The van der Waals surface area contributed by atoms with Crippen LogP contribution in [0, 0.1) is 5.82 Å². The number of hydrogen-bond acceptors (Lipinski definition) is 4. The molecule has 1 aromatic carbocycles. The summed E-state index contributed by atoms with van der Waals surface area (Å²) in [7, 11) is -2.30. The van der Waals surface area contributed by atoms with Gasteiger partial charge in [-0.05, 0) is 18.2 Å². The molecule has 0 spiro atoms. The molecule has 0 atom stereocenters. The molecule has 0 saturated heterocycles. The molecule has 0 radical (unpaired) electrons. The first-order valence-corrected chi connectivity index (χ1v) is 7.41. The number of rotatable bonds is 4. The predicted molar refractivity (Wildman–Crippen MR) is 76.0 cm³/mol. The zero-order chi connectivity index (χ0) is 14.8. The van der Waals surface area contributed by atoms with E-state index in [1.807, 2.05) is 0 Å². The van der Waals surface area contributed by atoms with Crippen molar-refractivity contribution in [1.82, 2.24) is 4.98 Å². The smallest absolute Gasteiger partial charge is 0.262 e. The van der Waals surface area contributed by atoms with Crippen molar-refractivity contribution in [2.24, 2.45) is 0 Å². The van der Waals surface area contributed by atoms with Gasteiger partial charge in [0.25, 0.3) is 10.0 Å². The van der Waals surface area contributed by atoms with Crippen molar-refractivity contribution >= 4 is 33.1 Å². The third-order valence-electron chi connectivity index (χ3n) is 2.49. The number of pyridine rings is 1. The summed E-state index contributed by atoms with van der Waals surface area (Å²) in [4.78, 5) is 3.88. The Balaban J connectivity index is 2.38. The molecule has 2 aromatic rings. The van der Waals surface area contributed by atoms with E-state index in [1.54, 1.807) is 7.05 Å². The van der Waals surface area contributed by atoms with E-state index in [-0.39, 0.29) is 15.6 Å². The maximum atomic E-state index is 13.7. The minimum Gasteiger partial charge on any atom is -0.373 e. The lowest BCUT2D eigenvalue weighted by molar-refractivity contribution is 0.598. The van der Waals surface area contributed by atoms with Crippen molar-refractivity contribution in [3.63, 3.8) is 0 Å². The molecule has 2 rings (SSSR count). The van der Waals surface area contributed by atoms with Gasteiger partial charge in [0.15, 0.2) is 5.82 Å². The Bertz CT molecular complexity index is 737. The van der Waals surface area contributed by atoms with Crippen LogP contribution < -0.4 is 10.0 Å². The van der Waals surface area contributed by atoms with Gasteiger partial charge < -0.3 is 5.32 Å². The number of sulfonamides is 1. The summed E-state index contributed by atoms with van der Waals surface area (Å²) in [5.41, 5.74) is -0.208. The molecule has 0 saturated carbocycles. The number of anilines is 2. The van der Waals surface area contributed by atoms with Gasteiger partial charge in [0, 0.05) is 19.3 Å². The van der Waals surface area contributed by atoms with Crippen molar-refractivity contribution < 1.29 is 12.8 Å². The van der Waals surface area contributed by atoms with E-state index in [0.29, 0.717) is 5.82 Å². The fraction of sp³-hybridized carbons (Fsp3) is 0.0833. The summed E-state index contributed by atoms with van der Waals surface area (Å²) >= 11 is 5.61. The minimum absolute atomic E-state index is 0.0313. The van der Waals surface area contributed by atoms with Gasteiger partial charge in [0.05, 0.1) is 15.6 Å². The molecule has 8 heteroatoms. The highest BCUT2D eigenvalue weighted by Crippen LogP contribution is 2.24. The van der Waals surface area contributed by atoms with Crippen LogP contribution in [0.5, 0.6) is 0 Å². The maximum absolute atomic E-state index is 13.7. The minimum atomic E-state index is -3.91. The van der Waals surface area contributed by atoms with Gasteiger partial charge in [0.1, 0.15) is 5.82 Å². The molecule has 5 nitrogen and oxygen atoms in total. The fourth-order valence-corrected chi connectivity index (χ4v) is 2.75. The Labute approximate surface area is 120 Å². The molecule has 0 fully saturated rings. The second kappa shape index (κ2) is 5.64. The van der Waals surface area contributed by atoms with Crippen LogP contribution in [0.3, 0.4) is 0 Å². The molecular formula is C12H11ClFN3O2S. The quantitative estimate of drug-likeness (QED) is 0.910. The topological polar surface area (TPSA) is 71.1 Å². The first kappa shape index (κ1) is 14.5. The first-order chi connectivity index (χ1) is 9.44. The first-order valence-electron chi connectivity index (χ1n) is 5.54. The molecular weight excluding hydrogens is 305 g/mol. The number of halogens is 2. The Morgan fingerprint density at radius 1 is 1.30 bits per heavy atom. The van der Waals surface area contributed by atoms with Crippen LogP contribution in [0.1, 0.15) is 0 Å². The van der Waals surface area contributed by atoms with Gasteiger partial charge >= 0.3 is 0 Å². The zero-order valence-corrected chi connectivity index (χ0v) is 12.0. The van der Waals surface area contributed by atoms with Crippen LogP contribution in [0.2, 0.25) is 5.02 Å². The van der Waals surface area contributed by atoms with E-state index in [9.17, 15) is 12.8 Å². The van der Waals surface area contributed by atoms with Gasteiger partial charge in [-0.25, -0.2) is 17.8 Å². The highest BCUT2D eigenvalue weighted by molar-refractivity contribution is 7.92. The summed E-state index contributed by atoms with van der Waals surface area (Å²) in [6.45, 7) is 0. The van der Waals surface area contributed by atoms with E-state index in [4.69, 9.17) is 11.6 Å². The number of aromatic nitrogens is 1. The van der Waals surface area contributed by atoms with E-state index >= 15 is 0 Å². The summed E-state index contributed by atoms with van der Waals surface area (Å²) in [5.74, 6) is -0.430. The lowest BCUT2D eigenvalue weighted by Crippen LogP contribution is -2.14. The maximum Gasteiger partial charge on any atom is 0.262 e. The standard InChI is InChI=1S/C12H11ClFN3O2S/c1-15-11-7-8(5-6-16-11)20(18,19)17-10-4-2-3-9(13)12(10)14/h2-7,17H,1H3,(H,15,16). The van der Waals surface area contributed by atoms with Gasteiger partial charge in [-0.1, -0.05) is 17.7 Å². The zero-order valence-electron chi connectivity index (χ0n) is 10.4. The molecule has 2 N–H and O–H groups in total. The molecule has 0 aliphatic heterocycles. The molecule has 0 bridgehead atoms. The number of benzene rings is 1. The van der Waals surface area contributed by atoms with Gasteiger partial charge in [-0.3, -0.25) is 4.72 Å². The highest BCUT2D eigenvalue weighted by atomic mass is 35.5. The van der Waals surface area contributed by atoms with Gasteiger partial charge in [0.2, 0.25) is 0 Å². The van der Waals surface area contributed by atoms with Crippen LogP contribution in [0.4, 0.5) is 15.9 Å². The van der Waals surface area contributed by atoms with E-state index in [0.717, 1.165) is 0 Å². The molecule has 20 heavy (non-hydrogen) atoms. The van der Waals surface area contributed by atoms with E-state index in [1.165, 1.54) is 36.5 Å². The Morgan fingerprint density at radius 3 is 2.75 bits per heavy atom. The second-order valence-electron chi connectivity index (χ2n) is 3.83. The summed E-state index contributed by atoms with van der Waals surface area (Å²) in [5, 5.41) is 2.57. The molecule has 0 unspecified atom stereocenters. The lowest BCUT2D eigenvalue weighted by Gasteiger charge is -2.10. The summed E-state index contributed by atoms with van der Waals surface area (Å²) in [6.07, 6.45) is 1.34. The van der Waals surface area contributed by atoms with Crippen molar-refractivity contribution in [2.45, 2.75) is 4.90 Å². The van der Waals surface area contributed by atoms with E-state index in [2.05, 4.69) is 15.0 Å². The number of nitrogens with zero attached hydrogens (tertiary/aromatic N) is 1. The third-order valence-corrected chi connectivity index (χ3v) is 4.15. The average molecular weight is 316 g/mol. The number of hydrogen-bond donors (Lipinski definition) is 2. The predicted octanol–water partition coefficient (Wildman–Crippen LogP) is 2.72. The Hall–Kier alpha value is -1.86. The molecule has 106 valence electrons. The van der Waals surface area contributed by atoms with Crippen LogP contribution in [0.25, 0.3) is 0 Å². The van der Waals surface area contributed by atoms with Crippen LogP contribution in [0.15, 0.2) is 41.4 Å². The molecule has 1 heterocycles. The second-order valence-corrected chi connectivity index (χ2v) is 5.92. The monoisotopic (exact) mass is 315 g/mol. The fourth-order valence-electron chi connectivity index (χ4n) is 1.50. The van der Waals surface area contributed by atoms with Crippen LogP contribution in [-0.4, -0.2) is 20.4 Å². The highest BCUT2D eigenvalue weighted by Gasteiger charge is 2.17. The SMILES string of the molecule is CNc1cc(S(=O)(=O)Nc2cccc(Cl)c2F)ccn1. The number of nitrogens with one attached hydrogen (secondary N) is 2. The van der Waals surface area contributed by atoms with Crippen LogP contribution in [-0.2, 0) is 10.0 Å². The van der Waals surface area contributed by atoms with Crippen LogP contribution >= 0.6 is 11.6 Å². The third kappa shape index (κ3) is 3.00. The molecule has 1 aromatic heterocycles. The normalized spacial score (nSPS) is 11.2. The van der Waals surface area contributed by atoms with Crippen molar-refractivity contribution in [3.05, 3.63) is 47.4 Å². The van der Waals surface area contributed by atoms with Crippen molar-refractivity contribution in [3.8, 4) is 0 Å². The largest absolute Gasteiger partial charge is 0.373 e. The Morgan fingerprint density at radius 2 is 2.05 bits per heavy atom. The van der Waals surface area contributed by atoms with Gasteiger partial charge in [-0.15, -0.1) is 0 Å². The molecule has 0 aliphatic rings. The average Bonchev–Trinajstić information content (AvgIpc) is 2.44. The Kier molecular flexibility index (Phi) is 4.10. The summed E-state index contributed by atoms with van der Waals surface area (Å²) < 4.78 is 40.2. The van der Waals surface area contributed by atoms with Crippen molar-refractivity contribution in [1.29, 1.82) is 0 Å². The van der Waals surface area contributed by atoms with E-state index < -0.39 is 15.8 Å². The lowest BCUT2D eigenvalue weighted by atomic mass is 10.3. The molecule has 0 aliphatic carbocycles. The summed E-state index contributed by atoms with van der Waals surface area (Å²) in [6, 6.07) is 6.73. The molecule has 0 amide bonds. The van der Waals surface area contributed by atoms with Crippen molar-refractivity contribution in [2.75, 3.05) is 17.1 Å². The van der Waals surface area contributed by atoms with Gasteiger partial charge in [-0.2, -0.15) is 0 Å².